The van der Waals surface area contributed by atoms with Gasteiger partial charge in [0, 0.05) is 11.6 Å². The number of nitrogens with two attached hydrogens (primary N) is 1. The van der Waals surface area contributed by atoms with Crippen LogP contribution in [-0.4, -0.2) is 15.3 Å². The zero-order valence-corrected chi connectivity index (χ0v) is 8.53. The molecule has 5 nitrogen and oxygen atoms in total. The summed E-state index contributed by atoms with van der Waals surface area (Å²) >= 11 is 0. The number of phenols is 3. The van der Waals surface area contributed by atoms with Crippen molar-refractivity contribution in [3.05, 3.63) is 17.7 Å². The molecule has 0 amide bonds. The number of hydrogen-bond donors (Lipinski definition) is 4. The lowest BCUT2D eigenvalue weighted by Crippen LogP contribution is -2.09. The quantitative estimate of drug-likeness (QED) is 0.570. The first-order chi connectivity index (χ1) is 6.57. The second-order valence-electron chi connectivity index (χ2n) is 2.84. The molecule has 0 radical (unpaired) electrons. The Morgan fingerprint density at radius 1 is 1.27 bits per heavy atom. The van der Waals surface area contributed by atoms with E-state index >= 15 is 0 Å². The monoisotopic (exact) mass is 230 g/mol. The minimum absolute atomic E-state index is 0. The fourth-order valence-electron chi connectivity index (χ4n) is 1.09. The summed E-state index contributed by atoms with van der Waals surface area (Å²) in [7, 11) is 0. The summed E-state index contributed by atoms with van der Waals surface area (Å²) in [5.41, 5.74) is 5.79. The van der Waals surface area contributed by atoms with Gasteiger partial charge >= 0.3 is 0 Å². The standard InChI is InChI=1S/C9H10N2O3.ClH/c10-4-3-6(11)5-1-2-7(12)9(14)8(5)13;/h1-2,6,12-14H,3,11H2;1H/t6-;/m1./s1. The number of halogens is 1. The first-order valence-electron chi connectivity index (χ1n) is 3.94. The zero-order chi connectivity index (χ0) is 10.7. The average molecular weight is 231 g/mol. The van der Waals surface area contributed by atoms with Crippen LogP contribution in [0.15, 0.2) is 12.1 Å². The molecule has 0 fully saturated rings. The van der Waals surface area contributed by atoms with Gasteiger partial charge in [0.15, 0.2) is 11.5 Å². The summed E-state index contributed by atoms with van der Waals surface area (Å²) in [6.45, 7) is 0. The smallest absolute Gasteiger partial charge is 0.200 e. The topological polar surface area (TPSA) is 111 Å². The van der Waals surface area contributed by atoms with Gasteiger partial charge in [-0.1, -0.05) is 0 Å². The van der Waals surface area contributed by atoms with Gasteiger partial charge < -0.3 is 21.1 Å². The van der Waals surface area contributed by atoms with E-state index in [-0.39, 0.29) is 24.4 Å². The Bertz CT molecular complexity index is 390. The summed E-state index contributed by atoms with van der Waals surface area (Å²) in [5.74, 6) is -1.51. The van der Waals surface area contributed by atoms with Crippen LogP contribution >= 0.6 is 12.4 Å². The van der Waals surface area contributed by atoms with E-state index in [2.05, 4.69) is 0 Å². The van der Waals surface area contributed by atoms with Gasteiger partial charge in [-0.3, -0.25) is 0 Å². The van der Waals surface area contributed by atoms with E-state index in [1.54, 1.807) is 0 Å². The molecule has 0 saturated heterocycles. The molecule has 1 aromatic rings. The molecular formula is C9H11ClN2O3. The third-order valence-electron chi connectivity index (χ3n) is 1.87. The molecule has 15 heavy (non-hydrogen) atoms. The average Bonchev–Trinajstić information content (AvgIpc) is 2.15. The normalized spacial score (nSPS) is 11.2. The highest BCUT2D eigenvalue weighted by molar-refractivity contribution is 5.85. The van der Waals surface area contributed by atoms with Crippen molar-refractivity contribution in [3.63, 3.8) is 0 Å². The van der Waals surface area contributed by atoms with Crippen LogP contribution in [0.3, 0.4) is 0 Å². The van der Waals surface area contributed by atoms with E-state index in [0.717, 1.165) is 0 Å². The molecule has 6 heteroatoms. The minimum atomic E-state index is -0.675. The molecule has 0 aliphatic heterocycles. The van der Waals surface area contributed by atoms with E-state index in [0.29, 0.717) is 0 Å². The van der Waals surface area contributed by atoms with Crippen molar-refractivity contribution in [2.24, 2.45) is 5.73 Å². The molecule has 5 N–H and O–H groups in total. The molecule has 0 unspecified atom stereocenters. The van der Waals surface area contributed by atoms with Gasteiger partial charge in [-0.15, -0.1) is 12.4 Å². The number of aromatic hydroxyl groups is 3. The fourth-order valence-corrected chi connectivity index (χ4v) is 1.09. The second-order valence-corrected chi connectivity index (χ2v) is 2.84. The Hall–Kier alpha value is -1.64. The lowest BCUT2D eigenvalue weighted by Gasteiger charge is -2.11. The summed E-state index contributed by atoms with van der Waals surface area (Å²) in [4.78, 5) is 0. The summed E-state index contributed by atoms with van der Waals surface area (Å²) in [5, 5.41) is 36.0. The van der Waals surface area contributed by atoms with Crippen LogP contribution in [-0.2, 0) is 0 Å². The molecular weight excluding hydrogens is 220 g/mol. The number of phenolic OH excluding ortho intramolecular Hbond substituents is 3. The minimum Gasteiger partial charge on any atom is -0.504 e. The number of nitriles is 1. The first kappa shape index (κ1) is 13.4. The van der Waals surface area contributed by atoms with E-state index in [1.165, 1.54) is 12.1 Å². The number of benzene rings is 1. The van der Waals surface area contributed by atoms with Crippen molar-refractivity contribution in [1.29, 1.82) is 5.26 Å². The number of rotatable bonds is 2. The highest BCUT2D eigenvalue weighted by Crippen LogP contribution is 2.39. The molecule has 0 spiro atoms. The molecule has 0 bridgehead atoms. The van der Waals surface area contributed by atoms with Crippen LogP contribution in [0.2, 0.25) is 0 Å². The molecule has 1 aromatic carbocycles. The van der Waals surface area contributed by atoms with E-state index in [4.69, 9.17) is 21.2 Å². The Labute approximate surface area is 92.8 Å². The Kier molecular flexibility index (Phi) is 4.71. The lowest BCUT2D eigenvalue weighted by atomic mass is 10.0. The van der Waals surface area contributed by atoms with Gasteiger partial charge in [0.1, 0.15) is 0 Å². The second kappa shape index (κ2) is 5.29. The van der Waals surface area contributed by atoms with Crippen LogP contribution in [0.1, 0.15) is 18.0 Å². The van der Waals surface area contributed by atoms with Gasteiger partial charge in [-0.2, -0.15) is 5.26 Å². The lowest BCUT2D eigenvalue weighted by molar-refractivity contribution is 0.363. The van der Waals surface area contributed by atoms with Gasteiger partial charge in [-0.05, 0) is 12.1 Å². The largest absolute Gasteiger partial charge is 0.504 e. The molecule has 0 aliphatic carbocycles. The van der Waals surface area contributed by atoms with E-state index < -0.39 is 23.3 Å². The van der Waals surface area contributed by atoms with Gasteiger partial charge in [0.05, 0.1) is 12.5 Å². The van der Waals surface area contributed by atoms with Crippen LogP contribution in [0.5, 0.6) is 17.2 Å². The van der Waals surface area contributed by atoms with Gasteiger partial charge in [0.2, 0.25) is 5.75 Å². The third-order valence-corrected chi connectivity index (χ3v) is 1.87. The van der Waals surface area contributed by atoms with Crippen molar-refractivity contribution in [2.45, 2.75) is 12.5 Å². The predicted octanol–water partition coefficient (Wildman–Crippen LogP) is 1.14. The van der Waals surface area contributed by atoms with E-state index in [1.807, 2.05) is 6.07 Å². The van der Waals surface area contributed by atoms with E-state index in [9.17, 15) is 5.11 Å². The summed E-state index contributed by atoms with van der Waals surface area (Å²) in [6, 6.07) is 3.75. The molecule has 0 aliphatic rings. The maximum Gasteiger partial charge on any atom is 0.200 e. The predicted molar refractivity (Wildman–Crippen MR) is 55.8 cm³/mol. The molecule has 1 rings (SSSR count). The molecule has 1 atom stereocenters. The summed E-state index contributed by atoms with van der Waals surface area (Å²) < 4.78 is 0. The highest BCUT2D eigenvalue weighted by Gasteiger charge is 2.15. The van der Waals surface area contributed by atoms with Crippen molar-refractivity contribution in [3.8, 4) is 23.3 Å². The van der Waals surface area contributed by atoms with Gasteiger partial charge in [0.25, 0.3) is 0 Å². The van der Waals surface area contributed by atoms with Crippen LogP contribution in [0.4, 0.5) is 0 Å². The molecule has 0 saturated carbocycles. The Morgan fingerprint density at radius 3 is 2.40 bits per heavy atom. The van der Waals surface area contributed by atoms with Crippen LogP contribution in [0, 0.1) is 11.3 Å². The SMILES string of the molecule is Cl.N#CC[C@@H](N)c1ccc(O)c(O)c1O. The van der Waals surface area contributed by atoms with Crippen molar-refractivity contribution >= 4 is 12.4 Å². The number of nitrogens with zero attached hydrogens (tertiary/aromatic N) is 1. The maximum absolute atomic E-state index is 9.38. The molecule has 0 heterocycles. The first-order valence-corrected chi connectivity index (χ1v) is 3.94. The molecule has 0 aromatic heterocycles. The van der Waals surface area contributed by atoms with Crippen LogP contribution < -0.4 is 5.73 Å². The third kappa shape index (κ3) is 2.65. The van der Waals surface area contributed by atoms with Crippen LogP contribution in [0.25, 0.3) is 0 Å². The molecule has 82 valence electrons. The number of hydrogen-bond acceptors (Lipinski definition) is 5. The van der Waals surface area contributed by atoms with Crippen molar-refractivity contribution in [1.82, 2.24) is 0 Å². The Morgan fingerprint density at radius 2 is 1.87 bits per heavy atom. The Balaban J connectivity index is 0.00000196. The van der Waals surface area contributed by atoms with Crippen molar-refractivity contribution < 1.29 is 15.3 Å². The van der Waals surface area contributed by atoms with Crippen molar-refractivity contribution in [2.75, 3.05) is 0 Å². The maximum atomic E-state index is 9.38. The fraction of sp³-hybridized carbons (Fsp3) is 0.222. The van der Waals surface area contributed by atoms with Gasteiger partial charge in [-0.25, -0.2) is 0 Å². The highest BCUT2D eigenvalue weighted by atomic mass is 35.5. The summed E-state index contributed by atoms with van der Waals surface area (Å²) in [6.07, 6.45) is 0.0256. The zero-order valence-electron chi connectivity index (χ0n) is 7.71.